The molecular weight excluding hydrogens is 176 g/mol. The lowest BCUT2D eigenvalue weighted by Crippen LogP contribution is -2.17. The summed E-state index contributed by atoms with van der Waals surface area (Å²) in [5.74, 6) is 0.485. The Labute approximate surface area is 84.6 Å². The Kier molecular flexibility index (Phi) is 4.16. The zero-order chi connectivity index (χ0) is 10.4. The Morgan fingerprint density at radius 1 is 1.14 bits per heavy atom. The van der Waals surface area contributed by atoms with Crippen LogP contribution in [-0.4, -0.2) is 17.7 Å². The van der Waals surface area contributed by atoms with Gasteiger partial charge in [0.15, 0.2) is 0 Å². The second kappa shape index (κ2) is 5.42. The molecule has 0 atom stereocenters. The van der Waals surface area contributed by atoms with E-state index in [1.54, 1.807) is 6.08 Å². The van der Waals surface area contributed by atoms with E-state index in [4.69, 9.17) is 16.9 Å². The molecular formula is C10H18N4. The Morgan fingerprint density at radius 3 is 2.36 bits per heavy atom. The molecule has 0 amide bonds. The van der Waals surface area contributed by atoms with Gasteiger partial charge in [-0.3, -0.25) is 10.4 Å². The van der Waals surface area contributed by atoms with Crippen molar-refractivity contribution in [2.45, 2.75) is 38.1 Å². The monoisotopic (exact) mass is 194 g/mol. The van der Waals surface area contributed by atoms with Gasteiger partial charge in [0.1, 0.15) is 11.7 Å². The highest BCUT2D eigenvalue weighted by atomic mass is 14.9. The van der Waals surface area contributed by atoms with Crippen LogP contribution in [0.15, 0.2) is 17.1 Å². The lowest BCUT2D eigenvalue weighted by Gasteiger charge is -2.17. The lowest BCUT2D eigenvalue weighted by molar-refractivity contribution is 0.443. The van der Waals surface area contributed by atoms with Crippen molar-refractivity contribution in [1.29, 1.82) is 5.41 Å². The van der Waals surface area contributed by atoms with Crippen molar-refractivity contribution in [3.8, 4) is 0 Å². The molecule has 4 nitrogen and oxygen atoms in total. The first-order chi connectivity index (χ1) is 6.68. The van der Waals surface area contributed by atoms with Crippen LogP contribution in [0.25, 0.3) is 0 Å². The standard InChI is InChI=1S/C10H18N4/c11-9(12)6-7-10(13)14-8-4-2-1-3-5-8/h6-8H,1-5H2,(H3,11,12)(H2,13,14)/b7-6-. The van der Waals surface area contributed by atoms with Crippen LogP contribution in [0.4, 0.5) is 0 Å². The van der Waals surface area contributed by atoms with E-state index in [-0.39, 0.29) is 5.84 Å². The molecule has 0 heterocycles. The van der Waals surface area contributed by atoms with E-state index in [9.17, 15) is 0 Å². The number of nitrogens with zero attached hydrogens (tertiary/aromatic N) is 1. The smallest absolute Gasteiger partial charge is 0.118 e. The summed E-state index contributed by atoms with van der Waals surface area (Å²) in [6, 6.07) is 0.375. The molecule has 0 aromatic heterocycles. The quantitative estimate of drug-likeness (QED) is 0.465. The largest absolute Gasteiger partial charge is 0.384 e. The first-order valence-corrected chi connectivity index (χ1v) is 5.04. The molecule has 5 N–H and O–H groups in total. The molecule has 0 bridgehead atoms. The number of hydrogen-bond donors (Lipinski definition) is 3. The molecule has 78 valence electrons. The van der Waals surface area contributed by atoms with Crippen molar-refractivity contribution < 1.29 is 0 Å². The van der Waals surface area contributed by atoms with Crippen molar-refractivity contribution in [2.75, 3.05) is 0 Å². The van der Waals surface area contributed by atoms with Crippen LogP contribution in [0.2, 0.25) is 0 Å². The summed E-state index contributed by atoms with van der Waals surface area (Å²) >= 11 is 0. The molecule has 4 heteroatoms. The van der Waals surface area contributed by atoms with Crippen molar-refractivity contribution in [3.63, 3.8) is 0 Å². The van der Waals surface area contributed by atoms with Crippen LogP contribution in [-0.2, 0) is 0 Å². The third kappa shape index (κ3) is 4.07. The fourth-order valence-corrected chi connectivity index (χ4v) is 1.64. The van der Waals surface area contributed by atoms with Gasteiger partial charge >= 0.3 is 0 Å². The molecule has 0 radical (unpaired) electrons. The molecule has 0 spiro atoms. The van der Waals surface area contributed by atoms with Gasteiger partial charge in [0.05, 0.1) is 6.04 Å². The maximum absolute atomic E-state index is 6.99. The molecule has 0 saturated heterocycles. The van der Waals surface area contributed by atoms with E-state index in [0.717, 1.165) is 12.8 Å². The van der Waals surface area contributed by atoms with Crippen LogP contribution in [0, 0.1) is 5.41 Å². The molecule has 0 aliphatic heterocycles. The molecule has 1 rings (SSSR count). The first kappa shape index (κ1) is 10.8. The average molecular weight is 194 g/mol. The molecule has 1 aliphatic rings. The van der Waals surface area contributed by atoms with Gasteiger partial charge in [-0.1, -0.05) is 19.3 Å². The van der Waals surface area contributed by atoms with Gasteiger partial charge in [-0.2, -0.15) is 0 Å². The third-order valence-electron chi connectivity index (χ3n) is 2.34. The van der Waals surface area contributed by atoms with Crippen LogP contribution < -0.4 is 11.5 Å². The van der Waals surface area contributed by atoms with Gasteiger partial charge in [-0.05, 0) is 25.0 Å². The average Bonchev–Trinajstić information content (AvgIpc) is 2.16. The zero-order valence-electron chi connectivity index (χ0n) is 8.37. The maximum atomic E-state index is 6.99. The minimum Gasteiger partial charge on any atom is -0.384 e. The molecule has 0 aromatic rings. The number of nitrogens with two attached hydrogens (primary N) is 2. The molecule has 0 unspecified atom stereocenters. The Balaban J connectivity index is 2.44. The van der Waals surface area contributed by atoms with Gasteiger partial charge in [0.2, 0.25) is 0 Å². The summed E-state index contributed by atoms with van der Waals surface area (Å²) in [4.78, 5) is 4.36. The third-order valence-corrected chi connectivity index (χ3v) is 2.34. The van der Waals surface area contributed by atoms with Crippen molar-refractivity contribution >= 4 is 11.7 Å². The second-order valence-corrected chi connectivity index (χ2v) is 3.63. The highest BCUT2D eigenvalue weighted by Crippen LogP contribution is 2.20. The fourth-order valence-electron chi connectivity index (χ4n) is 1.64. The predicted molar refractivity (Wildman–Crippen MR) is 59.5 cm³/mol. The SMILES string of the molecule is N=C(N)/C=C\C(N)=NC1CCCCC1. The van der Waals surface area contributed by atoms with Gasteiger partial charge in [0, 0.05) is 0 Å². The lowest BCUT2D eigenvalue weighted by atomic mass is 9.96. The topological polar surface area (TPSA) is 88.2 Å². The van der Waals surface area contributed by atoms with E-state index in [1.165, 1.54) is 25.3 Å². The molecule has 1 aliphatic carbocycles. The van der Waals surface area contributed by atoms with Gasteiger partial charge in [-0.25, -0.2) is 0 Å². The number of nitrogens with one attached hydrogen (secondary N) is 1. The summed E-state index contributed by atoms with van der Waals surface area (Å²) in [5.41, 5.74) is 10.8. The fraction of sp³-hybridized carbons (Fsp3) is 0.600. The molecule has 1 saturated carbocycles. The summed E-state index contributed by atoms with van der Waals surface area (Å²) in [6.45, 7) is 0. The van der Waals surface area contributed by atoms with E-state index >= 15 is 0 Å². The Bertz CT molecular complexity index is 249. The highest BCUT2D eigenvalue weighted by Gasteiger charge is 2.11. The molecule has 14 heavy (non-hydrogen) atoms. The summed E-state index contributed by atoms with van der Waals surface area (Å²) < 4.78 is 0. The van der Waals surface area contributed by atoms with Crippen molar-refractivity contribution in [1.82, 2.24) is 0 Å². The minimum absolute atomic E-state index is 0.00629. The van der Waals surface area contributed by atoms with E-state index < -0.39 is 0 Å². The maximum Gasteiger partial charge on any atom is 0.118 e. The first-order valence-electron chi connectivity index (χ1n) is 5.04. The van der Waals surface area contributed by atoms with E-state index in [1.807, 2.05) is 0 Å². The predicted octanol–water partition coefficient (Wildman–Crippen LogP) is 1.17. The van der Waals surface area contributed by atoms with Gasteiger partial charge < -0.3 is 11.5 Å². The summed E-state index contributed by atoms with van der Waals surface area (Å²) in [7, 11) is 0. The van der Waals surface area contributed by atoms with Crippen LogP contribution >= 0.6 is 0 Å². The van der Waals surface area contributed by atoms with Gasteiger partial charge in [0.25, 0.3) is 0 Å². The van der Waals surface area contributed by atoms with Crippen molar-refractivity contribution in [3.05, 3.63) is 12.2 Å². The molecule has 0 aromatic carbocycles. The van der Waals surface area contributed by atoms with Crippen LogP contribution in [0.5, 0.6) is 0 Å². The summed E-state index contributed by atoms with van der Waals surface area (Å²) in [6.07, 6.45) is 9.13. The van der Waals surface area contributed by atoms with E-state index in [2.05, 4.69) is 4.99 Å². The number of amidine groups is 2. The Morgan fingerprint density at radius 2 is 1.79 bits per heavy atom. The zero-order valence-corrected chi connectivity index (χ0v) is 8.37. The van der Waals surface area contributed by atoms with Crippen molar-refractivity contribution in [2.24, 2.45) is 16.5 Å². The normalized spacial score (nSPS) is 20.1. The van der Waals surface area contributed by atoms with Crippen LogP contribution in [0.1, 0.15) is 32.1 Å². The second-order valence-electron chi connectivity index (χ2n) is 3.63. The van der Waals surface area contributed by atoms with E-state index in [0.29, 0.717) is 11.9 Å². The van der Waals surface area contributed by atoms with Gasteiger partial charge in [-0.15, -0.1) is 0 Å². The molecule has 1 fully saturated rings. The Hall–Kier alpha value is -1.32. The number of aliphatic imine (C=N–C) groups is 1. The van der Waals surface area contributed by atoms with Crippen LogP contribution in [0.3, 0.4) is 0 Å². The number of hydrogen-bond acceptors (Lipinski definition) is 2. The summed E-state index contributed by atoms with van der Waals surface area (Å²) in [5, 5.41) is 6.99. The minimum atomic E-state index is 0.00629. The number of rotatable bonds is 3. The highest BCUT2D eigenvalue weighted by molar-refractivity contribution is 5.99.